The number of hydrogen-bond donors (Lipinski definition) is 1. The molecule has 0 aromatic carbocycles. The number of ketones is 1. The van der Waals surface area contributed by atoms with Gasteiger partial charge in [-0.1, -0.05) is 33.4 Å². The Kier molecular flexibility index (Phi) is 3.12. The number of carbonyl (C=O) groups is 2. The number of amides is 1. The number of nitrogens with one attached hydrogen (secondary N) is 1. The lowest BCUT2D eigenvalue weighted by Gasteiger charge is -2.35. The molecule has 3 heteroatoms. The molecule has 0 fully saturated rings. The van der Waals surface area contributed by atoms with Gasteiger partial charge in [-0.25, -0.2) is 0 Å². The molecule has 0 bridgehead atoms. The number of allylic oxidation sites excluding steroid dienone is 1. The van der Waals surface area contributed by atoms with E-state index in [4.69, 9.17) is 0 Å². The second-order valence-corrected chi connectivity index (χ2v) is 4.40. The fourth-order valence-corrected chi connectivity index (χ4v) is 1.62. The molecule has 1 atom stereocenters. The van der Waals surface area contributed by atoms with Crippen LogP contribution < -0.4 is 5.32 Å². The molecule has 1 rings (SSSR count). The molecule has 15 heavy (non-hydrogen) atoms. The van der Waals surface area contributed by atoms with Gasteiger partial charge in [-0.3, -0.25) is 9.59 Å². The maximum absolute atomic E-state index is 11.4. The van der Waals surface area contributed by atoms with Crippen molar-refractivity contribution in [2.24, 2.45) is 5.41 Å². The van der Waals surface area contributed by atoms with E-state index in [1.54, 1.807) is 6.92 Å². The summed E-state index contributed by atoms with van der Waals surface area (Å²) in [5.74, 6) is -0.159. The van der Waals surface area contributed by atoms with Gasteiger partial charge >= 0.3 is 0 Å². The normalized spacial score (nSPS) is 24.1. The van der Waals surface area contributed by atoms with Crippen LogP contribution >= 0.6 is 0 Å². The maximum atomic E-state index is 11.4. The average Bonchev–Trinajstić information content (AvgIpc) is 2.19. The Balaban J connectivity index is 2.93. The minimum atomic E-state index is -0.289. The molecule has 0 aliphatic heterocycles. The van der Waals surface area contributed by atoms with Gasteiger partial charge in [0.05, 0.1) is 6.04 Å². The molecule has 82 valence electrons. The van der Waals surface area contributed by atoms with Crippen LogP contribution in [0.4, 0.5) is 0 Å². The summed E-state index contributed by atoms with van der Waals surface area (Å²) in [5.41, 5.74) is 0.208. The Morgan fingerprint density at radius 1 is 1.60 bits per heavy atom. The van der Waals surface area contributed by atoms with Gasteiger partial charge in [-0.2, -0.15) is 0 Å². The molecular formula is C12H17NO2. The SMILES string of the molecule is C=C1C(=O)C=CC(C)(C)C1NC(=O)CC. The van der Waals surface area contributed by atoms with Gasteiger partial charge in [0.25, 0.3) is 0 Å². The molecule has 3 nitrogen and oxygen atoms in total. The Labute approximate surface area is 90.2 Å². The highest BCUT2D eigenvalue weighted by Gasteiger charge is 2.35. The molecule has 0 radical (unpaired) electrons. The van der Waals surface area contributed by atoms with Crippen LogP contribution in [0.25, 0.3) is 0 Å². The second kappa shape index (κ2) is 4.01. The molecule has 1 aliphatic rings. The molecule has 0 aromatic heterocycles. The zero-order valence-electron chi connectivity index (χ0n) is 9.46. The van der Waals surface area contributed by atoms with Crippen LogP contribution in [0.15, 0.2) is 24.3 Å². The summed E-state index contributed by atoms with van der Waals surface area (Å²) < 4.78 is 0. The summed E-state index contributed by atoms with van der Waals surface area (Å²) in [7, 11) is 0. The Hall–Kier alpha value is -1.38. The van der Waals surface area contributed by atoms with E-state index < -0.39 is 0 Å². The maximum Gasteiger partial charge on any atom is 0.220 e. The van der Waals surface area contributed by atoms with Crippen molar-refractivity contribution < 1.29 is 9.59 Å². The van der Waals surface area contributed by atoms with E-state index in [1.165, 1.54) is 6.08 Å². The topological polar surface area (TPSA) is 46.2 Å². The monoisotopic (exact) mass is 207 g/mol. The van der Waals surface area contributed by atoms with Gasteiger partial charge in [0.15, 0.2) is 5.78 Å². The molecule has 0 spiro atoms. The lowest BCUT2D eigenvalue weighted by molar-refractivity contribution is -0.122. The minimum absolute atomic E-state index is 0.0580. The largest absolute Gasteiger partial charge is 0.348 e. The van der Waals surface area contributed by atoms with Crippen LogP contribution in [0.3, 0.4) is 0 Å². The van der Waals surface area contributed by atoms with Crippen LogP contribution in [0.2, 0.25) is 0 Å². The highest BCUT2D eigenvalue weighted by molar-refractivity contribution is 6.06. The van der Waals surface area contributed by atoms with Crippen LogP contribution in [0, 0.1) is 5.41 Å². The van der Waals surface area contributed by atoms with Gasteiger partial charge in [-0.15, -0.1) is 0 Å². The summed E-state index contributed by atoms with van der Waals surface area (Å²) in [6, 6.07) is -0.289. The highest BCUT2D eigenvalue weighted by Crippen LogP contribution is 2.31. The Morgan fingerprint density at radius 2 is 2.20 bits per heavy atom. The smallest absolute Gasteiger partial charge is 0.220 e. The van der Waals surface area contributed by atoms with E-state index in [0.717, 1.165) is 0 Å². The van der Waals surface area contributed by atoms with Crippen molar-refractivity contribution in [1.29, 1.82) is 0 Å². The third-order valence-corrected chi connectivity index (χ3v) is 2.70. The van der Waals surface area contributed by atoms with Crippen LogP contribution in [0.5, 0.6) is 0 Å². The molecule has 1 amide bonds. The fraction of sp³-hybridized carbons (Fsp3) is 0.500. The average molecular weight is 207 g/mol. The van der Waals surface area contributed by atoms with Crippen molar-refractivity contribution in [3.05, 3.63) is 24.3 Å². The van der Waals surface area contributed by atoms with Gasteiger partial charge in [0.2, 0.25) is 5.91 Å². The van der Waals surface area contributed by atoms with E-state index in [0.29, 0.717) is 12.0 Å². The standard InChI is InChI=1S/C12H17NO2/c1-5-10(15)13-11-8(2)9(14)6-7-12(11,3)4/h6-7,11H,2,5H2,1,3-4H3,(H,13,15). The van der Waals surface area contributed by atoms with E-state index in [1.807, 2.05) is 19.9 Å². The first-order chi connectivity index (χ1) is 6.88. The fourth-order valence-electron chi connectivity index (χ4n) is 1.62. The van der Waals surface area contributed by atoms with E-state index in [2.05, 4.69) is 11.9 Å². The first kappa shape index (κ1) is 11.7. The van der Waals surface area contributed by atoms with Crippen molar-refractivity contribution in [2.45, 2.75) is 33.2 Å². The Bertz CT molecular complexity index is 340. The molecule has 1 unspecified atom stereocenters. The van der Waals surface area contributed by atoms with Gasteiger partial charge < -0.3 is 5.32 Å². The van der Waals surface area contributed by atoms with E-state index in [-0.39, 0.29) is 23.1 Å². The van der Waals surface area contributed by atoms with Gasteiger partial charge in [0, 0.05) is 17.4 Å². The number of rotatable bonds is 2. The van der Waals surface area contributed by atoms with Gasteiger partial charge in [0.1, 0.15) is 0 Å². The number of hydrogen-bond acceptors (Lipinski definition) is 2. The molecular weight excluding hydrogens is 190 g/mol. The summed E-state index contributed by atoms with van der Waals surface area (Å²) in [4.78, 5) is 22.8. The van der Waals surface area contributed by atoms with Crippen LogP contribution in [-0.2, 0) is 9.59 Å². The lowest BCUT2D eigenvalue weighted by atomic mass is 9.75. The van der Waals surface area contributed by atoms with Crippen LogP contribution in [0.1, 0.15) is 27.2 Å². The summed E-state index contributed by atoms with van der Waals surface area (Å²) in [6.45, 7) is 9.48. The predicted molar refractivity (Wildman–Crippen MR) is 59.3 cm³/mol. The van der Waals surface area contributed by atoms with Crippen molar-refractivity contribution in [3.8, 4) is 0 Å². The highest BCUT2D eigenvalue weighted by atomic mass is 16.2. The second-order valence-electron chi connectivity index (χ2n) is 4.40. The zero-order valence-corrected chi connectivity index (χ0v) is 9.46. The lowest BCUT2D eigenvalue weighted by Crippen LogP contribution is -2.48. The molecule has 0 aromatic rings. The summed E-state index contributed by atoms with van der Waals surface area (Å²) in [6.07, 6.45) is 3.76. The van der Waals surface area contributed by atoms with E-state index in [9.17, 15) is 9.59 Å². The molecule has 0 saturated heterocycles. The first-order valence-electron chi connectivity index (χ1n) is 5.10. The summed E-state index contributed by atoms with van der Waals surface area (Å²) in [5, 5.41) is 2.83. The quantitative estimate of drug-likeness (QED) is 0.699. The molecule has 1 N–H and O–H groups in total. The van der Waals surface area contributed by atoms with Crippen molar-refractivity contribution in [3.63, 3.8) is 0 Å². The van der Waals surface area contributed by atoms with Crippen molar-refractivity contribution in [1.82, 2.24) is 5.32 Å². The Morgan fingerprint density at radius 3 is 2.73 bits per heavy atom. The predicted octanol–water partition coefficient (Wildman–Crippen LogP) is 1.60. The van der Waals surface area contributed by atoms with E-state index >= 15 is 0 Å². The number of carbonyl (C=O) groups excluding carboxylic acids is 2. The van der Waals surface area contributed by atoms with Gasteiger partial charge in [-0.05, 0) is 6.08 Å². The molecule has 0 heterocycles. The molecule has 0 saturated carbocycles. The van der Waals surface area contributed by atoms with Crippen molar-refractivity contribution in [2.75, 3.05) is 0 Å². The van der Waals surface area contributed by atoms with Crippen LogP contribution in [-0.4, -0.2) is 17.7 Å². The molecule has 1 aliphatic carbocycles. The van der Waals surface area contributed by atoms with Crippen molar-refractivity contribution >= 4 is 11.7 Å². The summed E-state index contributed by atoms with van der Waals surface area (Å²) >= 11 is 0. The third-order valence-electron chi connectivity index (χ3n) is 2.70. The first-order valence-corrected chi connectivity index (χ1v) is 5.10. The zero-order chi connectivity index (χ0) is 11.6. The third kappa shape index (κ3) is 2.35. The minimum Gasteiger partial charge on any atom is -0.348 e.